The van der Waals surface area contributed by atoms with Crippen LogP contribution in [-0.2, 0) is 0 Å². The highest BCUT2D eigenvalue weighted by Crippen LogP contribution is 2.13. The van der Waals surface area contributed by atoms with Crippen molar-refractivity contribution in [3.63, 3.8) is 0 Å². The number of hydrogen-bond donors (Lipinski definition) is 2. The van der Waals surface area contributed by atoms with Crippen molar-refractivity contribution in [2.75, 3.05) is 11.1 Å². The van der Waals surface area contributed by atoms with Gasteiger partial charge in [-0.2, -0.15) is 0 Å². The molecule has 0 aliphatic carbocycles. The largest absolute Gasteiger partial charge is 0.397 e. The maximum atomic E-state index is 11.8. The lowest BCUT2D eigenvalue weighted by atomic mass is 10.2. The van der Waals surface area contributed by atoms with Crippen LogP contribution in [0.25, 0.3) is 0 Å². The maximum absolute atomic E-state index is 11.8. The zero-order valence-corrected chi connectivity index (χ0v) is 9.34. The van der Waals surface area contributed by atoms with Gasteiger partial charge in [0.05, 0.1) is 11.9 Å². The number of aromatic nitrogens is 2. The van der Waals surface area contributed by atoms with Crippen LogP contribution < -0.4 is 11.1 Å². The van der Waals surface area contributed by atoms with Crippen LogP contribution in [0, 0.1) is 6.92 Å². The Morgan fingerprint density at radius 1 is 1.35 bits per heavy atom. The minimum atomic E-state index is -0.218. The van der Waals surface area contributed by atoms with E-state index in [-0.39, 0.29) is 5.91 Å². The van der Waals surface area contributed by atoms with Gasteiger partial charge in [0.2, 0.25) is 0 Å². The molecule has 0 fully saturated rings. The number of nitrogens with two attached hydrogens (primary N) is 1. The zero-order chi connectivity index (χ0) is 12.3. The standard InChI is InChI=1S/C12H12N4O/c1-8-6-11(15-7-10(8)13)16-12(17)9-2-4-14-5-3-9/h2-7H,13H2,1H3,(H,15,16,17). The normalized spacial score (nSPS) is 9.94. The average Bonchev–Trinajstić information content (AvgIpc) is 2.35. The Kier molecular flexibility index (Phi) is 3.00. The summed E-state index contributed by atoms with van der Waals surface area (Å²) in [6.07, 6.45) is 4.66. The van der Waals surface area contributed by atoms with Crippen molar-refractivity contribution in [2.45, 2.75) is 6.92 Å². The number of rotatable bonds is 2. The summed E-state index contributed by atoms with van der Waals surface area (Å²) in [5.41, 5.74) is 7.67. The summed E-state index contributed by atoms with van der Waals surface area (Å²) in [6.45, 7) is 1.86. The van der Waals surface area contributed by atoms with Crippen molar-refractivity contribution in [3.8, 4) is 0 Å². The zero-order valence-electron chi connectivity index (χ0n) is 9.34. The highest BCUT2D eigenvalue weighted by atomic mass is 16.1. The Balaban J connectivity index is 2.16. The summed E-state index contributed by atoms with van der Waals surface area (Å²) < 4.78 is 0. The van der Waals surface area contributed by atoms with Gasteiger partial charge in [0.15, 0.2) is 0 Å². The number of hydrogen-bond acceptors (Lipinski definition) is 4. The molecule has 0 atom stereocenters. The summed E-state index contributed by atoms with van der Waals surface area (Å²) in [5, 5.41) is 2.69. The highest BCUT2D eigenvalue weighted by Gasteiger charge is 2.06. The Bertz CT molecular complexity index is 539. The molecule has 86 valence electrons. The van der Waals surface area contributed by atoms with E-state index in [9.17, 15) is 4.79 Å². The molecule has 0 aliphatic rings. The monoisotopic (exact) mass is 228 g/mol. The Morgan fingerprint density at radius 3 is 2.71 bits per heavy atom. The van der Waals surface area contributed by atoms with Gasteiger partial charge in [0.25, 0.3) is 5.91 Å². The quantitative estimate of drug-likeness (QED) is 0.818. The molecule has 0 spiro atoms. The number of pyridine rings is 2. The molecule has 2 heterocycles. The number of carbonyl (C=O) groups excluding carboxylic acids is 1. The van der Waals surface area contributed by atoms with E-state index in [2.05, 4.69) is 15.3 Å². The third-order valence-electron chi connectivity index (χ3n) is 2.34. The van der Waals surface area contributed by atoms with Gasteiger partial charge in [0, 0.05) is 18.0 Å². The van der Waals surface area contributed by atoms with Crippen LogP contribution in [0.15, 0.2) is 36.8 Å². The van der Waals surface area contributed by atoms with Gasteiger partial charge in [-0.1, -0.05) is 0 Å². The van der Waals surface area contributed by atoms with Crippen molar-refractivity contribution in [2.24, 2.45) is 0 Å². The molecule has 0 bridgehead atoms. The number of anilines is 2. The van der Waals surface area contributed by atoms with E-state index < -0.39 is 0 Å². The summed E-state index contributed by atoms with van der Waals surface area (Å²) in [7, 11) is 0. The predicted octanol–water partition coefficient (Wildman–Crippen LogP) is 1.62. The molecular weight excluding hydrogens is 216 g/mol. The van der Waals surface area contributed by atoms with Gasteiger partial charge in [0.1, 0.15) is 5.82 Å². The smallest absolute Gasteiger partial charge is 0.256 e. The molecule has 0 radical (unpaired) electrons. The first-order chi connectivity index (χ1) is 8.16. The summed E-state index contributed by atoms with van der Waals surface area (Å²) in [4.78, 5) is 19.7. The minimum absolute atomic E-state index is 0.218. The summed E-state index contributed by atoms with van der Waals surface area (Å²) in [6, 6.07) is 5.01. The van der Waals surface area contributed by atoms with Crippen molar-refractivity contribution >= 4 is 17.4 Å². The molecule has 5 heteroatoms. The molecule has 5 nitrogen and oxygen atoms in total. The van der Waals surface area contributed by atoms with E-state index >= 15 is 0 Å². The number of nitrogen functional groups attached to an aromatic ring is 1. The van der Waals surface area contributed by atoms with Crippen molar-refractivity contribution in [3.05, 3.63) is 47.9 Å². The van der Waals surface area contributed by atoms with E-state index in [0.29, 0.717) is 17.1 Å². The number of aryl methyl sites for hydroxylation is 1. The van der Waals surface area contributed by atoms with Crippen LogP contribution in [0.4, 0.5) is 11.5 Å². The molecule has 2 aromatic rings. The summed E-state index contributed by atoms with van der Waals surface area (Å²) in [5.74, 6) is 0.266. The lowest BCUT2D eigenvalue weighted by molar-refractivity contribution is 0.102. The fraction of sp³-hybridized carbons (Fsp3) is 0.0833. The first-order valence-corrected chi connectivity index (χ1v) is 5.10. The lowest BCUT2D eigenvalue weighted by Gasteiger charge is -2.06. The van der Waals surface area contributed by atoms with Gasteiger partial charge in [-0.15, -0.1) is 0 Å². The van der Waals surface area contributed by atoms with Crippen LogP contribution in [0.3, 0.4) is 0 Å². The number of carbonyl (C=O) groups is 1. The molecule has 3 N–H and O–H groups in total. The van der Waals surface area contributed by atoms with Crippen molar-refractivity contribution in [1.29, 1.82) is 0 Å². The van der Waals surface area contributed by atoms with Crippen LogP contribution in [0.2, 0.25) is 0 Å². The molecule has 17 heavy (non-hydrogen) atoms. The number of amides is 1. The topological polar surface area (TPSA) is 80.9 Å². The molecular formula is C12H12N4O. The van der Waals surface area contributed by atoms with Gasteiger partial charge >= 0.3 is 0 Å². The van der Waals surface area contributed by atoms with E-state index in [1.807, 2.05) is 6.92 Å². The molecule has 0 unspecified atom stereocenters. The van der Waals surface area contributed by atoms with Gasteiger partial charge in [-0.25, -0.2) is 4.98 Å². The molecule has 0 aromatic carbocycles. The first-order valence-electron chi connectivity index (χ1n) is 5.10. The average molecular weight is 228 g/mol. The van der Waals surface area contributed by atoms with Crippen LogP contribution >= 0.6 is 0 Å². The Labute approximate surface area is 98.7 Å². The molecule has 2 rings (SSSR count). The van der Waals surface area contributed by atoms with Gasteiger partial charge in [-0.3, -0.25) is 9.78 Å². The fourth-order valence-corrected chi connectivity index (χ4v) is 1.33. The van der Waals surface area contributed by atoms with Crippen molar-refractivity contribution < 1.29 is 4.79 Å². The minimum Gasteiger partial charge on any atom is -0.397 e. The third-order valence-corrected chi connectivity index (χ3v) is 2.34. The maximum Gasteiger partial charge on any atom is 0.256 e. The molecule has 1 amide bonds. The van der Waals surface area contributed by atoms with E-state index in [1.165, 1.54) is 6.20 Å². The Hall–Kier alpha value is -2.43. The molecule has 0 saturated heterocycles. The molecule has 0 aliphatic heterocycles. The van der Waals surface area contributed by atoms with Gasteiger partial charge in [-0.05, 0) is 30.7 Å². The van der Waals surface area contributed by atoms with Gasteiger partial charge < -0.3 is 11.1 Å². The third kappa shape index (κ3) is 2.57. The SMILES string of the molecule is Cc1cc(NC(=O)c2ccncc2)ncc1N. The molecule has 0 saturated carbocycles. The van der Waals surface area contributed by atoms with Crippen LogP contribution in [0.1, 0.15) is 15.9 Å². The predicted molar refractivity (Wildman–Crippen MR) is 65.6 cm³/mol. The first kappa shape index (κ1) is 11.1. The summed E-state index contributed by atoms with van der Waals surface area (Å²) >= 11 is 0. The van der Waals surface area contributed by atoms with Crippen molar-refractivity contribution in [1.82, 2.24) is 9.97 Å². The van der Waals surface area contributed by atoms with E-state index in [4.69, 9.17) is 5.73 Å². The second-order valence-electron chi connectivity index (χ2n) is 3.62. The van der Waals surface area contributed by atoms with Crippen LogP contribution in [0.5, 0.6) is 0 Å². The second-order valence-corrected chi connectivity index (χ2v) is 3.62. The lowest BCUT2D eigenvalue weighted by Crippen LogP contribution is -2.13. The number of nitrogens with one attached hydrogen (secondary N) is 1. The van der Waals surface area contributed by atoms with Crippen LogP contribution in [-0.4, -0.2) is 15.9 Å². The van der Waals surface area contributed by atoms with E-state index in [1.54, 1.807) is 30.6 Å². The number of nitrogens with zero attached hydrogens (tertiary/aromatic N) is 2. The second kappa shape index (κ2) is 4.61. The highest BCUT2D eigenvalue weighted by molar-refractivity contribution is 6.03. The molecule has 2 aromatic heterocycles. The fourth-order valence-electron chi connectivity index (χ4n) is 1.33. The Morgan fingerprint density at radius 2 is 2.06 bits per heavy atom. The van der Waals surface area contributed by atoms with E-state index in [0.717, 1.165) is 5.56 Å².